The van der Waals surface area contributed by atoms with Crippen LogP contribution in [0.1, 0.15) is 146 Å². The number of pyridine rings is 2. The molecule has 5 N–H and O–H groups in total. The van der Waals surface area contributed by atoms with Crippen molar-refractivity contribution in [2.75, 3.05) is 42.7 Å². The van der Waals surface area contributed by atoms with Gasteiger partial charge < -0.3 is 41.0 Å². The number of carbonyl (C=O) groups excluding carboxylic acids is 4. The Bertz CT molecular complexity index is 2720. The van der Waals surface area contributed by atoms with Crippen molar-refractivity contribution in [2.24, 2.45) is 0 Å². The Morgan fingerprint density at radius 2 is 1.51 bits per heavy atom. The number of hydrogen-bond acceptors (Lipinski definition) is 13. The van der Waals surface area contributed by atoms with Gasteiger partial charge in [0.15, 0.2) is 17.7 Å². The molecule has 1 fully saturated rings. The second kappa shape index (κ2) is 22.2. The summed E-state index contributed by atoms with van der Waals surface area (Å²) < 4.78 is 12.5. The van der Waals surface area contributed by atoms with Crippen LogP contribution in [0, 0.1) is 6.92 Å². The number of carbonyl (C=O) groups is 4. The van der Waals surface area contributed by atoms with Crippen LogP contribution in [-0.2, 0) is 32.2 Å². The molecule has 14 heteroatoms. The summed E-state index contributed by atoms with van der Waals surface area (Å²) in [5, 5.41) is 19.3. The molecule has 0 saturated carbocycles. The lowest BCUT2D eigenvalue weighted by molar-refractivity contribution is -0.183. The van der Waals surface area contributed by atoms with Crippen molar-refractivity contribution in [3.8, 4) is 0 Å². The van der Waals surface area contributed by atoms with Crippen LogP contribution in [0.3, 0.4) is 0 Å². The maximum absolute atomic E-state index is 14.3. The summed E-state index contributed by atoms with van der Waals surface area (Å²) in [6.45, 7) is 12.9. The SMILES string of the molecule is CCCC(NCc1cc(NCCCCNC(=O)CCC(=O)OC2C(C)OC3CC2(C)Nc2c3ccc3c2C(=O)c2ccc4cc(C)ccc4c2C3=O)ccn1)C(CCC)NCc1cc(N(C)C)ccn1. The summed E-state index contributed by atoms with van der Waals surface area (Å²) in [5.74, 6) is -1.15. The van der Waals surface area contributed by atoms with E-state index in [2.05, 4.69) is 67.4 Å². The van der Waals surface area contributed by atoms with E-state index in [4.69, 9.17) is 9.47 Å². The Morgan fingerprint density at radius 3 is 2.24 bits per heavy atom. The average molecular weight is 951 g/mol. The van der Waals surface area contributed by atoms with Crippen LogP contribution < -0.4 is 31.5 Å². The predicted molar refractivity (Wildman–Crippen MR) is 276 cm³/mol. The molecule has 6 unspecified atom stereocenters. The van der Waals surface area contributed by atoms with E-state index in [0.29, 0.717) is 60.0 Å². The molecule has 3 aliphatic rings. The van der Waals surface area contributed by atoms with Crippen LogP contribution in [0.15, 0.2) is 79.1 Å². The quantitative estimate of drug-likeness (QED) is 0.0323. The fourth-order valence-corrected chi connectivity index (χ4v) is 10.5. The number of anilines is 3. The van der Waals surface area contributed by atoms with Crippen LogP contribution >= 0.6 is 0 Å². The van der Waals surface area contributed by atoms with Gasteiger partial charge in [0.25, 0.3) is 0 Å². The number of unbranched alkanes of at least 4 members (excludes halogenated alkanes) is 1. The number of fused-ring (bicyclic) bond motifs is 9. The molecular formula is C56H70N8O6. The number of benzene rings is 3. The zero-order chi connectivity index (χ0) is 49.5. The minimum atomic E-state index is -0.804. The standard InChI is InChI=1S/C56H70N8O6/c1-8-12-45(46(13-9-2)62-33-39-30-40(64(6)7)23-27-59-39)61-32-38-29-37(22-26-58-38)57-24-10-11-25-60-48(65)20-21-49(66)70-55-35(4)69-47-31-56(55,5)63-52-42(47)18-19-44-51(52)54(68)43-17-15-36-28-34(3)14-16-41(36)50(43)53(44)67/h14-19,22-23,26-30,35,45-47,55,61-63H,8-13,20-21,24-25,31-33H2,1-7H3,(H,57,58)(H,60,65). The Hall–Kier alpha value is -6.22. The Morgan fingerprint density at radius 1 is 0.843 bits per heavy atom. The second-order valence-electron chi connectivity index (χ2n) is 19.8. The van der Waals surface area contributed by atoms with Crippen molar-refractivity contribution < 1.29 is 28.7 Å². The highest BCUT2D eigenvalue weighted by Gasteiger charge is 2.52. The maximum Gasteiger partial charge on any atom is 0.306 e. The molecule has 8 rings (SSSR count). The largest absolute Gasteiger partial charge is 0.457 e. The summed E-state index contributed by atoms with van der Waals surface area (Å²) in [6, 6.07) is 22.0. The normalized spacial score (nSPS) is 19.8. The van der Waals surface area contributed by atoms with Crippen LogP contribution in [-0.4, -0.2) is 90.4 Å². The molecule has 3 aromatic carbocycles. The monoisotopic (exact) mass is 951 g/mol. The molecular weight excluding hydrogens is 881 g/mol. The molecule has 2 bridgehead atoms. The smallest absolute Gasteiger partial charge is 0.306 e. The molecule has 1 saturated heterocycles. The third kappa shape index (κ3) is 11.2. The Balaban J connectivity index is 0.772. The number of rotatable bonds is 22. The number of hydrogen-bond donors (Lipinski definition) is 5. The van der Waals surface area contributed by atoms with E-state index in [9.17, 15) is 19.2 Å². The summed E-state index contributed by atoms with van der Waals surface area (Å²) in [7, 11) is 4.09. The van der Waals surface area contributed by atoms with Gasteiger partial charge in [0, 0.05) is 111 Å². The van der Waals surface area contributed by atoms with Gasteiger partial charge >= 0.3 is 5.97 Å². The molecule has 2 aliphatic heterocycles. The molecule has 14 nitrogen and oxygen atoms in total. The maximum atomic E-state index is 14.3. The fraction of sp³-hybridized carbons (Fsp3) is 0.464. The minimum absolute atomic E-state index is 0.00350. The predicted octanol–water partition coefficient (Wildman–Crippen LogP) is 8.73. The van der Waals surface area contributed by atoms with Crippen LogP contribution in [0.5, 0.6) is 0 Å². The van der Waals surface area contributed by atoms with Crippen LogP contribution in [0.4, 0.5) is 17.1 Å². The van der Waals surface area contributed by atoms with E-state index in [0.717, 1.165) is 89.7 Å². The van der Waals surface area contributed by atoms with Gasteiger partial charge in [-0.25, -0.2) is 0 Å². The number of esters is 1. The van der Waals surface area contributed by atoms with Gasteiger partial charge in [-0.15, -0.1) is 0 Å². The van der Waals surface area contributed by atoms with E-state index in [-0.39, 0.29) is 42.5 Å². The number of nitrogens with zero attached hydrogens (tertiary/aromatic N) is 3. The number of aromatic nitrogens is 2. The summed E-state index contributed by atoms with van der Waals surface area (Å²) in [4.78, 5) is 66.0. The van der Waals surface area contributed by atoms with Crippen molar-refractivity contribution >= 4 is 51.3 Å². The summed E-state index contributed by atoms with van der Waals surface area (Å²) in [6.07, 6.45) is 8.44. The fourth-order valence-electron chi connectivity index (χ4n) is 10.5. The second-order valence-corrected chi connectivity index (χ2v) is 19.8. The van der Waals surface area contributed by atoms with Crippen molar-refractivity contribution in [1.29, 1.82) is 0 Å². The molecule has 0 spiro atoms. The Labute approximate surface area is 412 Å². The first kappa shape index (κ1) is 50.2. The number of aryl methyl sites for hydroxylation is 1. The molecule has 0 radical (unpaired) electrons. The van der Waals surface area contributed by atoms with E-state index in [1.165, 1.54) is 0 Å². The first-order chi connectivity index (χ1) is 33.8. The van der Waals surface area contributed by atoms with Gasteiger partial charge in [0.2, 0.25) is 5.91 Å². The first-order valence-electron chi connectivity index (χ1n) is 25.2. The average Bonchev–Trinajstić information content (AvgIpc) is 3.34. The number of ketones is 2. The number of amides is 1. The van der Waals surface area contributed by atoms with Crippen LogP contribution in [0.25, 0.3) is 10.8 Å². The van der Waals surface area contributed by atoms with Crippen LogP contribution in [0.2, 0.25) is 0 Å². The summed E-state index contributed by atoms with van der Waals surface area (Å²) >= 11 is 0. The molecule has 70 heavy (non-hydrogen) atoms. The lowest BCUT2D eigenvalue weighted by atomic mass is 9.73. The van der Waals surface area contributed by atoms with Gasteiger partial charge in [-0.05, 0) is 93.6 Å². The molecule has 4 heterocycles. The zero-order valence-corrected chi connectivity index (χ0v) is 41.9. The number of nitrogens with one attached hydrogen (secondary N) is 5. The van der Waals surface area contributed by atoms with Gasteiger partial charge in [-0.1, -0.05) is 62.6 Å². The van der Waals surface area contributed by atoms with Gasteiger partial charge in [0.1, 0.15) is 0 Å². The van der Waals surface area contributed by atoms with E-state index < -0.39 is 23.7 Å². The lowest BCUT2D eigenvalue weighted by Gasteiger charge is -2.52. The van der Waals surface area contributed by atoms with E-state index in [1.807, 2.05) is 89.7 Å². The van der Waals surface area contributed by atoms with Crippen molar-refractivity contribution in [3.63, 3.8) is 0 Å². The van der Waals surface area contributed by atoms with Gasteiger partial charge in [0.05, 0.1) is 46.8 Å². The summed E-state index contributed by atoms with van der Waals surface area (Å²) in [5.41, 5.74) is 7.22. The molecule has 6 atom stereocenters. The highest BCUT2D eigenvalue weighted by atomic mass is 16.6. The number of ether oxygens (including phenoxy) is 2. The van der Waals surface area contributed by atoms with E-state index >= 15 is 0 Å². The molecule has 2 aromatic heterocycles. The zero-order valence-electron chi connectivity index (χ0n) is 41.9. The topological polar surface area (TPSA) is 176 Å². The molecule has 1 amide bonds. The lowest BCUT2D eigenvalue weighted by Crippen LogP contribution is -2.61. The van der Waals surface area contributed by atoms with Gasteiger partial charge in [-0.2, -0.15) is 0 Å². The first-order valence-corrected chi connectivity index (χ1v) is 25.2. The van der Waals surface area contributed by atoms with Crippen molar-refractivity contribution in [3.05, 3.63) is 124 Å². The molecule has 5 aromatic rings. The molecule has 370 valence electrons. The highest BCUT2D eigenvalue weighted by Crippen LogP contribution is 2.50. The van der Waals surface area contributed by atoms with Gasteiger partial charge in [-0.3, -0.25) is 29.1 Å². The minimum Gasteiger partial charge on any atom is -0.457 e. The third-order valence-electron chi connectivity index (χ3n) is 14.1. The molecule has 1 aliphatic carbocycles. The highest BCUT2D eigenvalue weighted by molar-refractivity contribution is 6.33. The van der Waals surface area contributed by atoms with Crippen molar-refractivity contribution in [1.82, 2.24) is 25.9 Å². The third-order valence-corrected chi connectivity index (χ3v) is 14.1. The Kier molecular flexibility index (Phi) is 15.9. The van der Waals surface area contributed by atoms with E-state index in [1.54, 1.807) is 12.1 Å². The van der Waals surface area contributed by atoms with Crippen molar-refractivity contribution in [2.45, 2.75) is 141 Å².